The van der Waals surface area contributed by atoms with Crippen LogP contribution in [-0.2, 0) is 30.2 Å². The van der Waals surface area contributed by atoms with Crippen molar-refractivity contribution in [1.29, 1.82) is 0 Å². The number of thiazole rings is 1. The molecule has 2 amide bonds. The van der Waals surface area contributed by atoms with Crippen molar-refractivity contribution in [3.05, 3.63) is 52.0 Å². The highest BCUT2D eigenvalue weighted by atomic mass is 32.1. The molecule has 0 radical (unpaired) electrons. The van der Waals surface area contributed by atoms with Crippen molar-refractivity contribution < 1.29 is 28.6 Å². The van der Waals surface area contributed by atoms with Crippen LogP contribution in [0.4, 0.5) is 0 Å². The van der Waals surface area contributed by atoms with Crippen molar-refractivity contribution in [2.45, 2.75) is 97.9 Å². The maximum Gasteiger partial charge on any atom is 0.308 e. The number of hydrogen-bond donors (Lipinski definition) is 2. The van der Waals surface area contributed by atoms with Gasteiger partial charge in [-0.2, -0.15) is 0 Å². The van der Waals surface area contributed by atoms with Crippen LogP contribution in [0.2, 0.25) is 0 Å². The molecule has 252 valence electrons. The molecule has 3 N–H and O–H groups in total. The molecule has 10 nitrogen and oxygen atoms in total. The average Bonchev–Trinajstić information content (AvgIpc) is 3.53. The van der Waals surface area contributed by atoms with Crippen LogP contribution in [0.5, 0.6) is 0 Å². The number of benzene rings is 1. The Hall–Kier alpha value is -2.86. The van der Waals surface area contributed by atoms with Crippen LogP contribution in [-0.4, -0.2) is 73.4 Å². The van der Waals surface area contributed by atoms with Crippen LogP contribution in [0.15, 0.2) is 35.7 Å². The smallest absolute Gasteiger partial charge is 0.308 e. The van der Waals surface area contributed by atoms with Gasteiger partial charge in [0.25, 0.3) is 5.91 Å². The largest absolute Gasteiger partial charge is 0.469 e. The summed E-state index contributed by atoms with van der Waals surface area (Å²) in [7, 11) is 2.92. The van der Waals surface area contributed by atoms with Crippen molar-refractivity contribution in [2.75, 3.05) is 27.6 Å². The Morgan fingerprint density at radius 2 is 1.73 bits per heavy atom. The number of hydrogen-bond acceptors (Lipinski definition) is 9. The second kappa shape index (κ2) is 19.6. The molecule has 0 aliphatic rings. The molecule has 1 heterocycles. The molecule has 0 saturated heterocycles. The molecule has 45 heavy (non-hydrogen) atoms. The monoisotopic (exact) mass is 646 g/mol. The van der Waals surface area contributed by atoms with Gasteiger partial charge in [-0.3, -0.25) is 14.4 Å². The van der Waals surface area contributed by atoms with E-state index < -0.39 is 18.1 Å². The maximum atomic E-state index is 13.6. The number of carbonyl (C=O) groups excluding carboxylic acids is 3. The molecule has 6 atom stereocenters. The van der Waals surface area contributed by atoms with E-state index in [9.17, 15) is 14.4 Å². The van der Waals surface area contributed by atoms with Crippen LogP contribution >= 0.6 is 11.3 Å². The number of nitrogens with zero attached hydrogens (tertiary/aromatic N) is 2. The Bertz CT molecular complexity index is 1180. The number of aromatic nitrogens is 1. The molecule has 0 aliphatic heterocycles. The first kappa shape index (κ1) is 38.3. The standard InChI is InChI=1S/C34H54N4O6S/c1-9-16-38(33(40)30(35)23(5)10-2)28(22(3)4)19-29(44-21-42-7)32-37-27(20-45-32)31(39)36-26(17-24(6)34(41)43-8)18-25-14-12-11-13-15-25/h11-15,20,22-24,26,28-30H,9-10,16-19,21,35H2,1-8H3,(H,36,39). The Morgan fingerprint density at radius 3 is 2.31 bits per heavy atom. The number of nitrogens with one attached hydrogen (secondary N) is 1. The van der Waals surface area contributed by atoms with Crippen molar-refractivity contribution >= 4 is 29.1 Å². The van der Waals surface area contributed by atoms with Crippen LogP contribution in [0, 0.1) is 17.8 Å². The van der Waals surface area contributed by atoms with E-state index in [2.05, 4.69) is 19.2 Å². The third-order valence-electron chi connectivity index (χ3n) is 8.23. The SMILES string of the molecule is CCCN(C(=O)C(N)C(C)CC)C(CC(OCOC)c1nc(C(=O)NC(Cc2ccccc2)CC(C)C(=O)OC)cs1)C(C)C. The quantitative estimate of drug-likeness (QED) is 0.145. The molecule has 11 heteroatoms. The zero-order chi connectivity index (χ0) is 33.5. The van der Waals surface area contributed by atoms with Gasteiger partial charge in [0.1, 0.15) is 23.6 Å². The molecule has 0 bridgehead atoms. The van der Waals surface area contributed by atoms with E-state index in [-0.39, 0.29) is 54.2 Å². The van der Waals surface area contributed by atoms with E-state index >= 15 is 0 Å². The summed E-state index contributed by atoms with van der Waals surface area (Å²) in [5.41, 5.74) is 7.74. The summed E-state index contributed by atoms with van der Waals surface area (Å²) in [4.78, 5) is 45.9. The zero-order valence-electron chi connectivity index (χ0n) is 28.3. The number of amides is 2. The summed E-state index contributed by atoms with van der Waals surface area (Å²) in [6, 6.07) is 8.77. The molecule has 2 rings (SSSR count). The van der Waals surface area contributed by atoms with Gasteiger partial charge in [-0.15, -0.1) is 11.3 Å². The van der Waals surface area contributed by atoms with Gasteiger partial charge in [0.15, 0.2) is 0 Å². The fourth-order valence-corrected chi connectivity index (χ4v) is 6.21. The van der Waals surface area contributed by atoms with E-state index in [0.29, 0.717) is 30.8 Å². The second-order valence-electron chi connectivity index (χ2n) is 12.1. The number of methoxy groups -OCH3 is 2. The normalized spacial score (nSPS) is 15.5. The molecular weight excluding hydrogens is 592 g/mol. The molecule has 0 spiro atoms. The summed E-state index contributed by atoms with van der Waals surface area (Å²) in [6.07, 6.45) is 2.56. The maximum absolute atomic E-state index is 13.6. The molecule has 1 aromatic carbocycles. The minimum Gasteiger partial charge on any atom is -0.469 e. The average molecular weight is 647 g/mol. The van der Waals surface area contributed by atoms with Gasteiger partial charge in [0, 0.05) is 37.5 Å². The zero-order valence-corrected chi connectivity index (χ0v) is 29.1. The minimum atomic E-state index is -0.581. The predicted molar refractivity (Wildman–Crippen MR) is 178 cm³/mol. The fourth-order valence-electron chi connectivity index (χ4n) is 5.35. The van der Waals surface area contributed by atoms with Crippen LogP contribution in [0.25, 0.3) is 0 Å². The van der Waals surface area contributed by atoms with Gasteiger partial charge in [0.2, 0.25) is 5.91 Å². The second-order valence-corrected chi connectivity index (χ2v) is 13.0. The molecule has 0 saturated carbocycles. The lowest BCUT2D eigenvalue weighted by molar-refractivity contribution is -0.145. The van der Waals surface area contributed by atoms with Gasteiger partial charge in [-0.1, -0.05) is 78.3 Å². The van der Waals surface area contributed by atoms with Gasteiger partial charge in [-0.05, 0) is 36.7 Å². The number of nitrogens with two attached hydrogens (primary N) is 1. The Labute approximate surface area is 273 Å². The fraction of sp³-hybridized carbons (Fsp3) is 0.647. The van der Waals surface area contributed by atoms with E-state index in [4.69, 9.17) is 24.9 Å². The first-order valence-electron chi connectivity index (χ1n) is 16.0. The lowest BCUT2D eigenvalue weighted by atomic mass is 9.92. The number of carbonyl (C=O) groups is 3. The molecule has 0 fully saturated rings. The highest BCUT2D eigenvalue weighted by Crippen LogP contribution is 2.31. The van der Waals surface area contributed by atoms with Crippen molar-refractivity contribution in [3.8, 4) is 0 Å². The molecule has 6 unspecified atom stereocenters. The number of esters is 1. The van der Waals surface area contributed by atoms with Crippen LogP contribution in [0.3, 0.4) is 0 Å². The summed E-state index contributed by atoms with van der Waals surface area (Å²) < 4.78 is 16.3. The summed E-state index contributed by atoms with van der Waals surface area (Å²) in [5, 5.41) is 5.43. The third-order valence-corrected chi connectivity index (χ3v) is 9.17. The number of rotatable bonds is 20. The first-order chi connectivity index (χ1) is 21.5. The van der Waals surface area contributed by atoms with Crippen molar-refractivity contribution in [2.24, 2.45) is 23.5 Å². The molecule has 2 aromatic rings. The Kier molecular flexibility index (Phi) is 16.7. The summed E-state index contributed by atoms with van der Waals surface area (Å²) >= 11 is 1.34. The Morgan fingerprint density at radius 1 is 1.04 bits per heavy atom. The predicted octanol–water partition coefficient (Wildman–Crippen LogP) is 5.37. The van der Waals surface area contributed by atoms with E-state index in [1.807, 2.05) is 56.0 Å². The summed E-state index contributed by atoms with van der Waals surface area (Å²) in [5.74, 6) is -0.916. The van der Waals surface area contributed by atoms with E-state index in [0.717, 1.165) is 18.4 Å². The van der Waals surface area contributed by atoms with Gasteiger partial charge < -0.3 is 30.2 Å². The van der Waals surface area contributed by atoms with Crippen LogP contribution < -0.4 is 11.1 Å². The lowest BCUT2D eigenvalue weighted by Crippen LogP contribution is -2.53. The first-order valence-corrected chi connectivity index (χ1v) is 16.9. The Balaban J connectivity index is 2.31. The van der Waals surface area contributed by atoms with Gasteiger partial charge in [0.05, 0.1) is 19.1 Å². The number of ether oxygens (including phenoxy) is 3. The summed E-state index contributed by atoms with van der Waals surface area (Å²) in [6.45, 7) is 12.7. The molecule has 0 aliphatic carbocycles. The molecular formula is C34H54N4O6S. The van der Waals surface area contributed by atoms with Crippen molar-refractivity contribution in [3.63, 3.8) is 0 Å². The van der Waals surface area contributed by atoms with Gasteiger partial charge >= 0.3 is 5.97 Å². The lowest BCUT2D eigenvalue weighted by Gasteiger charge is -2.38. The van der Waals surface area contributed by atoms with E-state index in [1.165, 1.54) is 18.4 Å². The topological polar surface area (TPSA) is 133 Å². The van der Waals surface area contributed by atoms with Gasteiger partial charge in [-0.25, -0.2) is 4.98 Å². The highest BCUT2D eigenvalue weighted by molar-refractivity contribution is 7.09. The van der Waals surface area contributed by atoms with Crippen LogP contribution in [0.1, 0.15) is 94.4 Å². The third kappa shape index (κ3) is 11.8. The van der Waals surface area contributed by atoms with E-state index in [1.54, 1.807) is 19.4 Å². The highest BCUT2D eigenvalue weighted by Gasteiger charge is 2.34. The van der Waals surface area contributed by atoms with Crippen molar-refractivity contribution in [1.82, 2.24) is 15.2 Å². The molecule has 1 aromatic heterocycles. The minimum absolute atomic E-state index is 0.0370.